The van der Waals surface area contributed by atoms with Crippen LogP contribution in [-0.4, -0.2) is 9.13 Å². The molecule has 23 rings (SSSR count). The molecule has 0 amide bonds. The average molecular weight is 2070 g/mol. The van der Waals surface area contributed by atoms with Crippen molar-refractivity contribution < 1.29 is 0 Å². The summed E-state index contributed by atoms with van der Waals surface area (Å²) in [7, 11) is 0. The lowest BCUT2D eigenvalue weighted by molar-refractivity contribution is 1.18. The number of para-hydroxylation sites is 6. The highest BCUT2D eigenvalue weighted by Gasteiger charge is 2.20. The maximum absolute atomic E-state index is 3.61. The zero-order chi connectivity index (χ0) is 92.3. The van der Waals surface area contributed by atoms with Gasteiger partial charge in [0.15, 0.2) is 0 Å². The molecule has 2 heterocycles. The first-order valence-electron chi connectivity index (χ1n) is 45.1. The van der Waals surface area contributed by atoms with Crippen LogP contribution in [-0.2, 0) is 0 Å². The first-order chi connectivity index (χ1) is 67.0. The van der Waals surface area contributed by atoms with E-state index in [2.05, 4.69) is 613 Å². The molecule has 0 saturated carbocycles. The molecular weight excluding hydrogens is 1980 g/mol. The fourth-order valence-corrected chi connectivity index (χ4v) is 18.8. The second-order valence-corrected chi connectivity index (χ2v) is 37.2. The van der Waals surface area contributed by atoms with Crippen molar-refractivity contribution in [3.05, 3.63) is 568 Å². The van der Waals surface area contributed by atoms with Crippen LogP contribution >= 0.6 is 79.6 Å². The molecule has 10 heteroatoms. The molecular formula is C126H90Br5N5. The van der Waals surface area contributed by atoms with Gasteiger partial charge in [-0.25, -0.2) is 0 Å². The van der Waals surface area contributed by atoms with E-state index < -0.39 is 0 Å². The molecule has 0 unspecified atom stereocenters. The predicted molar refractivity (Wildman–Crippen MR) is 596 cm³/mol. The third-order valence-electron chi connectivity index (χ3n) is 23.9. The van der Waals surface area contributed by atoms with Crippen molar-refractivity contribution in [2.75, 3.05) is 14.7 Å². The lowest BCUT2D eigenvalue weighted by atomic mass is 10.0. The lowest BCUT2D eigenvalue weighted by Crippen LogP contribution is -2.09. The molecule has 5 nitrogen and oxygen atoms in total. The van der Waals surface area contributed by atoms with Gasteiger partial charge in [0.25, 0.3) is 0 Å². The van der Waals surface area contributed by atoms with Gasteiger partial charge in [-0.1, -0.05) is 413 Å². The van der Waals surface area contributed by atoms with Gasteiger partial charge < -0.3 is 23.8 Å². The fraction of sp³-hybridized carbons (Fsp3) is 0. The fourth-order valence-electron chi connectivity index (χ4n) is 17.3. The number of halogens is 5. The SMILES string of the molecule is Brc1ccc(-c2ccc(N(c3ccc(-c4ccccc4)cc3)c3ccc(-c4ccccc4)cc3)cc2)cc1.Brc1ccc(-c2ccc(N(c3ccccc3)c3ccccc3)cc2)cc1.Brc1ccc(N(c2ccccc2)c2ccc(-c3ccccc3)cc2)cc1.Brc1ccc2c(c1)c1ccccc1n2-c1ccc(-c2ccccc2)cc1.Brc1ccc2c3ccccc3n(-c3ccccc3)c2c1. The molecule has 0 radical (unpaired) electrons. The average Bonchev–Trinajstić information content (AvgIpc) is 1.59. The molecule has 0 N–H and O–H groups in total. The van der Waals surface area contributed by atoms with E-state index in [1.54, 1.807) is 0 Å². The molecule has 0 spiro atoms. The summed E-state index contributed by atoms with van der Waals surface area (Å²) < 4.78 is 10.1. The Morgan fingerprint density at radius 2 is 0.316 bits per heavy atom. The molecule has 136 heavy (non-hydrogen) atoms. The van der Waals surface area contributed by atoms with Crippen molar-refractivity contribution >= 4 is 174 Å². The quantitative estimate of drug-likeness (QED) is 0.0906. The maximum atomic E-state index is 3.61. The van der Waals surface area contributed by atoms with E-state index in [-0.39, 0.29) is 0 Å². The van der Waals surface area contributed by atoms with Crippen molar-refractivity contribution in [3.63, 3.8) is 0 Å². The van der Waals surface area contributed by atoms with E-state index >= 15 is 0 Å². The Labute approximate surface area is 837 Å². The zero-order valence-corrected chi connectivity index (χ0v) is 82.0. The van der Waals surface area contributed by atoms with Gasteiger partial charge in [-0.3, -0.25) is 0 Å². The molecule has 0 atom stereocenters. The Balaban J connectivity index is 0.000000111. The molecule has 0 aliphatic heterocycles. The van der Waals surface area contributed by atoms with Gasteiger partial charge in [0.1, 0.15) is 0 Å². The van der Waals surface area contributed by atoms with Crippen molar-refractivity contribution in [1.82, 2.24) is 9.13 Å². The summed E-state index contributed by atoms with van der Waals surface area (Å²) in [5.74, 6) is 0. The predicted octanol–water partition coefficient (Wildman–Crippen LogP) is 38.9. The molecule has 0 saturated heterocycles. The Kier molecular flexibility index (Phi) is 28.8. The zero-order valence-electron chi connectivity index (χ0n) is 74.1. The number of hydrogen-bond acceptors (Lipinski definition) is 3. The van der Waals surface area contributed by atoms with Crippen LogP contribution in [0.25, 0.3) is 122 Å². The van der Waals surface area contributed by atoms with Crippen LogP contribution in [0.5, 0.6) is 0 Å². The molecule has 23 aromatic rings. The Morgan fingerprint density at radius 1 is 0.125 bits per heavy atom. The standard InChI is InChI=1S/C36H26BrN.C24H16BrN.2C24H18BrN.C18H12BrN/c37-33-19-11-29(12-20-33)32-17-25-36(26-18-32)38(34-21-13-30(14-22-34)27-7-3-1-4-8-27)35-23-15-31(16-24-35)28-9-5-2-6-10-28;25-19-12-15-24-22(16-19)21-8-4-5-9-23(21)26(24)20-13-10-18(11-14-20)17-6-2-1-3-7-17;25-21-15-11-19(12-16-21)20-13-17-24(18-14-20)26(22-7-3-1-4-8-22)23-9-5-2-6-10-23;25-21-13-17-24(18-14-21)26(22-9-5-2-6-10-22)23-15-11-20(12-16-23)19-7-3-1-4-8-19;19-13-10-11-16-15-8-4-5-9-17(15)20(18(16)12-13)14-6-2-1-3-7-14/h1-26H;1-16H;2*1-18H;1-12H. The molecule has 0 aliphatic carbocycles. The Morgan fingerprint density at radius 3 is 0.640 bits per heavy atom. The summed E-state index contributed by atoms with van der Waals surface area (Å²) in [5, 5.41) is 5.12. The number of fused-ring (bicyclic) bond motifs is 6. The largest absolute Gasteiger partial charge is 0.311 e. The minimum atomic E-state index is 1.08. The van der Waals surface area contributed by atoms with Crippen LogP contribution in [0.4, 0.5) is 51.2 Å². The van der Waals surface area contributed by atoms with Gasteiger partial charge >= 0.3 is 0 Å². The molecule has 654 valence electrons. The monoisotopic (exact) mass is 2070 g/mol. The van der Waals surface area contributed by atoms with E-state index in [1.165, 1.54) is 122 Å². The first kappa shape index (κ1) is 90.2. The third kappa shape index (κ3) is 21.3. The third-order valence-corrected chi connectivity index (χ3v) is 26.5. The molecule has 0 fully saturated rings. The summed E-state index contributed by atoms with van der Waals surface area (Å²) in [4.78, 5) is 6.85. The van der Waals surface area contributed by atoms with Crippen LogP contribution in [0.1, 0.15) is 0 Å². The summed E-state index contributed by atoms with van der Waals surface area (Å²) in [6, 6.07) is 192. The summed E-state index contributed by atoms with van der Waals surface area (Å²) >= 11 is 17.7. The Hall–Kier alpha value is -15.0. The minimum absolute atomic E-state index is 1.08. The number of hydrogen-bond donors (Lipinski definition) is 0. The van der Waals surface area contributed by atoms with Crippen molar-refractivity contribution in [2.24, 2.45) is 0 Å². The number of nitrogens with zero attached hydrogens (tertiary/aromatic N) is 5. The topological polar surface area (TPSA) is 19.6 Å². The van der Waals surface area contributed by atoms with Gasteiger partial charge in [0, 0.05) is 106 Å². The highest BCUT2D eigenvalue weighted by Crippen LogP contribution is 2.43. The number of anilines is 9. The lowest BCUT2D eigenvalue weighted by Gasteiger charge is -2.26. The number of rotatable bonds is 17. The second-order valence-electron chi connectivity index (χ2n) is 32.6. The van der Waals surface area contributed by atoms with E-state index in [0.29, 0.717) is 0 Å². The first-order valence-corrected chi connectivity index (χ1v) is 49.1. The molecule has 2 aromatic heterocycles. The summed E-state index contributed by atoms with van der Waals surface area (Å²) in [5.41, 5.74) is 32.1. The van der Waals surface area contributed by atoms with Gasteiger partial charge in [-0.05, 0) is 279 Å². The van der Waals surface area contributed by atoms with Crippen LogP contribution in [0.15, 0.2) is 568 Å². The number of aromatic nitrogens is 2. The van der Waals surface area contributed by atoms with Crippen LogP contribution in [0.2, 0.25) is 0 Å². The molecule has 0 bridgehead atoms. The highest BCUT2D eigenvalue weighted by molar-refractivity contribution is 9.11. The van der Waals surface area contributed by atoms with Gasteiger partial charge in [0.2, 0.25) is 0 Å². The normalized spacial score (nSPS) is 10.8. The van der Waals surface area contributed by atoms with E-state index in [4.69, 9.17) is 0 Å². The van der Waals surface area contributed by atoms with Crippen LogP contribution in [0.3, 0.4) is 0 Å². The second kappa shape index (κ2) is 43.4. The molecule has 0 aliphatic rings. The Bertz CT molecular complexity index is 7700. The smallest absolute Gasteiger partial charge is 0.0552 e. The highest BCUT2D eigenvalue weighted by atomic mass is 79.9. The van der Waals surface area contributed by atoms with Crippen molar-refractivity contribution in [1.29, 1.82) is 0 Å². The number of benzene rings is 21. The van der Waals surface area contributed by atoms with Crippen molar-refractivity contribution in [2.45, 2.75) is 0 Å². The van der Waals surface area contributed by atoms with Crippen molar-refractivity contribution in [3.8, 4) is 78.1 Å². The van der Waals surface area contributed by atoms with Crippen LogP contribution < -0.4 is 14.7 Å². The maximum Gasteiger partial charge on any atom is 0.0552 e. The van der Waals surface area contributed by atoms with E-state index in [9.17, 15) is 0 Å². The summed E-state index contributed by atoms with van der Waals surface area (Å²) in [6.45, 7) is 0. The summed E-state index contributed by atoms with van der Waals surface area (Å²) in [6.07, 6.45) is 0. The molecule has 21 aromatic carbocycles. The van der Waals surface area contributed by atoms with E-state index in [0.717, 1.165) is 73.6 Å². The minimum Gasteiger partial charge on any atom is -0.311 e. The van der Waals surface area contributed by atoms with Gasteiger partial charge in [-0.15, -0.1) is 0 Å². The van der Waals surface area contributed by atoms with Crippen LogP contribution in [0, 0.1) is 0 Å². The van der Waals surface area contributed by atoms with Gasteiger partial charge in [-0.2, -0.15) is 0 Å². The van der Waals surface area contributed by atoms with E-state index in [1.807, 2.05) is 36.4 Å². The van der Waals surface area contributed by atoms with Gasteiger partial charge in [0.05, 0.1) is 22.1 Å².